The molecule has 0 aromatic heterocycles. The molecule has 1 aliphatic carbocycles. The molecule has 5 heteroatoms. The standard InChI is InChI=1S/C19H15BrClNO2/c20-12-6-4-10(5-7-12)17-14-3-1-2-13(14)15-8-11(19(23)24)9-16(21)18(15)22-17/h1-2,4-9,13-14,17,22H,3H2,(H,23,24)/t13?,14?,17-/m0/s1. The maximum Gasteiger partial charge on any atom is 0.335 e. The number of fused-ring (bicyclic) bond motifs is 3. The molecule has 1 aliphatic heterocycles. The minimum absolute atomic E-state index is 0.152. The molecular weight excluding hydrogens is 390 g/mol. The highest BCUT2D eigenvalue weighted by Crippen LogP contribution is 2.51. The maximum atomic E-state index is 11.3. The van der Waals surface area contributed by atoms with Crippen LogP contribution in [0.15, 0.2) is 53.0 Å². The number of anilines is 1. The van der Waals surface area contributed by atoms with Crippen LogP contribution in [0.5, 0.6) is 0 Å². The Hall–Kier alpha value is -1.78. The molecule has 2 aliphatic rings. The van der Waals surface area contributed by atoms with E-state index in [9.17, 15) is 9.90 Å². The summed E-state index contributed by atoms with van der Waals surface area (Å²) in [5.74, 6) is -0.404. The van der Waals surface area contributed by atoms with Gasteiger partial charge in [0.05, 0.1) is 22.3 Å². The molecule has 2 aromatic rings. The lowest BCUT2D eigenvalue weighted by Gasteiger charge is -2.38. The summed E-state index contributed by atoms with van der Waals surface area (Å²) in [5, 5.41) is 13.3. The molecule has 0 saturated heterocycles. The predicted molar refractivity (Wildman–Crippen MR) is 98.9 cm³/mol. The third kappa shape index (κ3) is 2.54. The van der Waals surface area contributed by atoms with Crippen LogP contribution < -0.4 is 5.32 Å². The first-order valence-corrected chi connectivity index (χ1v) is 8.97. The van der Waals surface area contributed by atoms with Gasteiger partial charge in [-0.05, 0) is 47.7 Å². The molecule has 1 heterocycles. The summed E-state index contributed by atoms with van der Waals surface area (Å²) in [6.45, 7) is 0. The molecule has 0 saturated carbocycles. The average molecular weight is 405 g/mol. The Morgan fingerprint density at radius 1 is 1.25 bits per heavy atom. The fourth-order valence-electron chi connectivity index (χ4n) is 3.78. The molecule has 2 unspecified atom stereocenters. The summed E-state index contributed by atoms with van der Waals surface area (Å²) in [5.41, 5.74) is 3.28. The summed E-state index contributed by atoms with van der Waals surface area (Å²) in [6, 6.07) is 11.7. The number of hydrogen-bond donors (Lipinski definition) is 2. The normalized spacial score (nSPS) is 24.2. The van der Waals surface area contributed by atoms with Gasteiger partial charge in [0.15, 0.2) is 0 Å². The summed E-state index contributed by atoms with van der Waals surface area (Å²) in [6.07, 6.45) is 5.32. The summed E-state index contributed by atoms with van der Waals surface area (Å²) in [4.78, 5) is 11.3. The highest BCUT2D eigenvalue weighted by Gasteiger charge is 2.39. The molecule has 122 valence electrons. The van der Waals surface area contributed by atoms with E-state index in [1.807, 2.05) is 12.1 Å². The van der Waals surface area contributed by atoms with E-state index in [2.05, 4.69) is 45.5 Å². The van der Waals surface area contributed by atoms with Crippen LogP contribution in [0.1, 0.15) is 39.9 Å². The quantitative estimate of drug-likeness (QED) is 0.638. The Balaban J connectivity index is 1.82. The van der Waals surface area contributed by atoms with Crippen LogP contribution in [0.3, 0.4) is 0 Å². The first kappa shape index (κ1) is 15.7. The van der Waals surface area contributed by atoms with Crippen molar-refractivity contribution in [2.45, 2.75) is 18.4 Å². The monoisotopic (exact) mass is 403 g/mol. The van der Waals surface area contributed by atoms with E-state index in [0.717, 1.165) is 22.1 Å². The molecule has 24 heavy (non-hydrogen) atoms. The van der Waals surface area contributed by atoms with Crippen molar-refractivity contribution >= 4 is 39.2 Å². The van der Waals surface area contributed by atoms with Gasteiger partial charge in [0, 0.05) is 10.4 Å². The fraction of sp³-hybridized carbons (Fsp3) is 0.211. The van der Waals surface area contributed by atoms with Gasteiger partial charge in [-0.15, -0.1) is 0 Å². The number of allylic oxidation sites excluding steroid dienone is 2. The van der Waals surface area contributed by atoms with E-state index in [0.29, 0.717) is 10.9 Å². The fourth-order valence-corrected chi connectivity index (χ4v) is 4.32. The van der Waals surface area contributed by atoms with Crippen molar-refractivity contribution in [1.29, 1.82) is 0 Å². The lowest BCUT2D eigenvalue weighted by atomic mass is 9.76. The van der Waals surface area contributed by atoms with Gasteiger partial charge in [-0.1, -0.05) is 51.8 Å². The van der Waals surface area contributed by atoms with Gasteiger partial charge in [0.1, 0.15) is 0 Å². The molecular formula is C19H15BrClNO2. The van der Waals surface area contributed by atoms with Crippen LogP contribution in [-0.4, -0.2) is 11.1 Å². The van der Waals surface area contributed by atoms with Crippen molar-refractivity contribution in [3.8, 4) is 0 Å². The van der Waals surface area contributed by atoms with Crippen LogP contribution in [0.25, 0.3) is 0 Å². The molecule has 0 amide bonds. The van der Waals surface area contributed by atoms with Gasteiger partial charge < -0.3 is 10.4 Å². The lowest BCUT2D eigenvalue weighted by molar-refractivity contribution is 0.0696. The minimum Gasteiger partial charge on any atom is -0.478 e. The minimum atomic E-state index is -0.951. The molecule has 3 atom stereocenters. The van der Waals surface area contributed by atoms with Crippen LogP contribution in [-0.2, 0) is 0 Å². The van der Waals surface area contributed by atoms with Crippen LogP contribution in [0.4, 0.5) is 5.69 Å². The van der Waals surface area contributed by atoms with E-state index in [-0.39, 0.29) is 17.5 Å². The molecule has 0 bridgehead atoms. The van der Waals surface area contributed by atoms with Gasteiger partial charge in [0.2, 0.25) is 0 Å². The SMILES string of the molecule is O=C(O)c1cc(Cl)c2c(c1)C1C=CCC1[C@H](c1ccc(Br)cc1)N2. The summed E-state index contributed by atoms with van der Waals surface area (Å²) < 4.78 is 1.05. The molecule has 0 spiro atoms. The number of hydrogen-bond acceptors (Lipinski definition) is 2. The summed E-state index contributed by atoms with van der Waals surface area (Å²) >= 11 is 9.88. The number of benzene rings is 2. The van der Waals surface area contributed by atoms with Gasteiger partial charge >= 0.3 is 5.97 Å². The van der Waals surface area contributed by atoms with E-state index in [4.69, 9.17) is 11.6 Å². The van der Waals surface area contributed by atoms with Crippen LogP contribution >= 0.6 is 27.5 Å². The number of carboxylic acids is 1. The Bertz CT molecular complexity index is 847. The number of carbonyl (C=O) groups is 1. The Labute approximate surface area is 153 Å². The largest absolute Gasteiger partial charge is 0.478 e. The van der Waals surface area contributed by atoms with E-state index in [1.54, 1.807) is 6.07 Å². The Kier molecular flexibility index (Phi) is 3.89. The van der Waals surface area contributed by atoms with Gasteiger partial charge in [0.25, 0.3) is 0 Å². The third-order valence-electron chi connectivity index (χ3n) is 4.90. The molecule has 4 rings (SSSR count). The van der Waals surface area contributed by atoms with Crippen molar-refractivity contribution in [2.24, 2.45) is 5.92 Å². The number of carboxylic acid groups (broad SMARTS) is 1. The van der Waals surface area contributed by atoms with Crippen molar-refractivity contribution < 1.29 is 9.90 Å². The second-order valence-corrected chi connectivity index (χ2v) is 7.58. The molecule has 0 fully saturated rings. The Morgan fingerprint density at radius 2 is 2.00 bits per heavy atom. The van der Waals surface area contributed by atoms with E-state index in [1.165, 1.54) is 11.6 Å². The second kappa shape index (κ2) is 5.94. The molecule has 3 nitrogen and oxygen atoms in total. The zero-order valence-electron chi connectivity index (χ0n) is 12.7. The zero-order valence-corrected chi connectivity index (χ0v) is 15.0. The van der Waals surface area contributed by atoms with Gasteiger partial charge in [-0.25, -0.2) is 4.79 Å². The second-order valence-electron chi connectivity index (χ2n) is 6.25. The predicted octanol–water partition coefficient (Wildman–Crippen LogP) is 5.63. The molecule has 0 radical (unpaired) electrons. The zero-order chi connectivity index (χ0) is 16.8. The van der Waals surface area contributed by atoms with Crippen molar-refractivity contribution in [3.63, 3.8) is 0 Å². The number of aromatic carboxylic acids is 1. The first-order chi connectivity index (χ1) is 11.5. The maximum absolute atomic E-state index is 11.3. The highest BCUT2D eigenvalue weighted by atomic mass is 79.9. The van der Waals surface area contributed by atoms with Crippen LogP contribution in [0, 0.1) is 5.92 Å². The topological polar surface area (TPSA) is 49.3 Å². The Morgan fingerprint density at radius 3 is 2.71 bits per heavy atom. The van der Waals surface area contributed by atoms with Crippen molar-refractivity contribution in [1.82, 2.24) is 0 Å². The van der Waals surface area contributed by atoms with E-state index < -0.39 is 5.97 Å². The van der Waals surface area contributed by atoms with Crippen molar-refractivity contribution in [3.05, 3.63) is 74.7 Å². The molecule has 2 N–H and O–H groups in total. The number of nitrogens with one attached hydrogen (secondary N) is 1. The molecule has 2 aromatic carbocycles. The lowest BCUT2D eigenvalue weighted by Crippen LogP contribution is -2.29. The van der Waals surface area contributed by atoms with E-state index >= 15 is 0 Å². The van der Waals surface area contributed by atoms with Gasteiger partial charge in [-0.3, -0.25) is 0 Å². The highest BCUT2D eigenvalue weighted by molar-refractivity contribution is 9.10. The smallest absolute Gasteiger partial charge is 0.335 e. The first-order valence-electron chi connectivity index (χ1n) is 7.80. The van der Waals surface area contributed by atoms with Gasteiger partial charge in [-0.2, -0.15) is 0 Å². The van der Waals surface area contributed by atoms with Crippen LogP contribution in [0.2, 0.25) is 5.02 Å². The van der Waals surface area contributed by atoms with Crippen molar-refractivity contribution in [2.75, 3.05) is 5.32 Å². The third-order valence-corrected chi connectivity index (χ3v) is 5.72. The average Bonchev–Trinajstić information content (AvgIpc) is 3.05. The summed E-state index contributed by atoms with van der Waals surface area (Å²) in [7, 11) is 0. The number of halogens is 2. The number of rotatable bonds is 2.